The minimum atomic E-state index is -3.40. The summed E-state index contributed by atoms with van der Waals surface area (Å²) >= 11 is 1.29. The van der Waals surface area contributed by atoms with E-state index >= 15 is 0 Å². The van der Waals surface area contributed by atoms with Gasteiger partial charge in [0.2, 0.25) is 10.0 Å². The molecule has 0 spiro atoms. The molecule has 1 aromatic heterocycles. The van der Waals surface area contributed by atoms with Gasteiger partial charge < -0.3 is 5.32 Å². The zero-order valence-corrected chi connectivity index (χ0v) is 12.8. The van der Waals surface area contributed by atoms with Crippen molar-refractivity contribution in [3.05, 3.63) is 51.9 Å². The van der Waals surface area contributed by atoms with E-state index in [0.717, 1.165) is 23.5 Å². The van der Waals surface area contributed by atoms with Crippen molar-refractivity contribution >= 4 is 21.4 Å². The smallest absolute Gasteiger partial charge is 0.250 e. The highest BCUT2D eigenvalue weighted by atomic mass is 32.2. The monoisotopic (exact) mass is 308 g/mol. The Morgan fingerprint density at radius 1 is 1.20 bits per heavy atom. The van der Waals surface area contributed by atoms with E-state index in [1.54, 1.807) is 6.07 Å². The fourth-order valence-electron chi connectivity index (χ4n) is 2.26. The molecule has 6 heteroatoms. The van der Waals surface area contributed by atoms with Gasteiger partial charge in [-0.25, -0.2) is 13.1 Å². The lowest BCUT2D eigenvalue weighted by Gasteiger charge is -2.06. The molecule has 0 saturated carbocycles. The van der Waals surface area contributed by atoms with Crippen LogP contribution in [0.2, 0.25) is 0 Å². The van der Waals surface area contributed by atoms with Crippen LogP contribution in [0, 0.1) is 6.92 Å². The van der Waals surface area contributed by atoms with Crippen molar-refractivity contribution in [1.82, 2.24) is 10.0 Å². The number of hydrogen-bond acceptors (Lipinski definition) is 4. The van der Waals surface area contributed by atoms with Gasteiger partial charge in [0.05, 0.1) is 0 Å². The molecule has 0 saturated heterocycles. The van der Waals surface area contributed by atoms with Crippen LogP contribution in [-0.2, 0) is 29.7 Å². The van der Waals surface area contributed by atoms with Crippen LogP contribution in [-0.4, -0.2) is 8.42 Å². The Balaban J connectivity index is 1.73. The Morgan fingerprint density at radius 2 is 2.00 bits per heavy atom. The van der Waals surface area contributed by atoms with Crippen LogP contribution in [0.5, 0.6) is 0 Å². The summed E-state index contributed by atoms with van der Waals surface area (Å²) in [5.74, 6) is 0. The van der Waals surface area contributed by atoms with E-state index in [2.05, 4.69) is 22.2 Å². The average molecular weight is 308 g/mol. The highest BCUT2D eigenvalue weighted by molar-refractivity contribution is 7.91. The third kappa shape index (κ3) is 2.78. The largest absolute Gasteiger partial charge is 0.309 e. The van der Waals surface area contributed by atoms with Crippen LogP contribution < -0.4 is 10.0 Å². The molecule has 0 radical (unpaired) electrons. The normalized spacial score (nSPS) is 14.4. The summed E-state index contributed by atoms with van der Waals surface area (Å²) in [5, 5.41) is 3.28. The second-order valence-corrected chi connectivity index (χ2v) is 8.18. The van der Waals surface area contributed by atoms with Crippen molar-refractivity contribution in [3.63, 3.8) is 0 Å². The molecule has 2 aromatic rings. The second kappa shape index (κ2) is 5.29. The maximum Gasteiger partial charge on any atom is 0.250 e. The van der Waals surface area contributed by atoms with Crippen LogP contribution in [0.1, 0.15) is 21.6 Å². The number of sulfonamides is 1. The van der Waals surface area contributed by atoms with Gasteiger partial charge in [0.1, 0.15) is 4.21 Å². The fraction of sp³-hybridized carbons (Fsp3) is 0.286. The highest BCUT2D eigenvalue weighted by Gasteiger charge is 2.16. The first-order valence-corrected chi connectivity index (χ1v) is 8.72. The molecule has 0 atom stereocenters. The third-order valence-corrected chi connectivity index (χ3v) is 6.24. The van der Waals surface area contributed by atoms with Gasteiger partial charge in [-0.1, -0.05) is 18.2 Å². The van der Waals surface area contributed by atoms with Gasteiger partial charge in [-0.05, 0) is 35.7 Å². The van der Waals surface area contributed by atoms with E-state index in [1.807, 2.05) is 19.1 Å². The molecule has 3 rings (SSSR count). The third-order valence-electron chi connectivity index (χ3n) is 3.35. The summed E-state index contributed by atoms with van der Waals surface area (Å²) in [7, 11) is -3.40. The Bertz CT molecular complexity index is 735. The first-order valence-electron chi connectivity index (χ1n) is 6.42. The van der Waals surface area contributed by atoms with Crippen LogP contribution in [0.4, 0.5) is 0 Å². The van der Waals surface area contributed by atoms with Crippen LogP contribution in [0.15, 0.2) is 34.5 Å². The van der Waals surface area contributed by atoms with Crippen molar-refractivity contribution in [1.29, 1.82) is 0 Å². The van der Waals surface area contributed by atoms with Crippen LogP contribution >= 0.6 is 11.3 Å². The van der Waals surface area contributed by atoms with Gasteiger partial charge in [-0.15, -0.1) is 11.3 Å². The number of fused-ring (bicyclic) bond motifs is 1. The highest BCUT2D eigenvalue weighted by Crippen LogP contribution is 2.21. The van der Waals surface area contributed by atoms with Gasteiger partial charge in [0, 0.05) is 24.5 Å². The molecule has 2 heterocycles. The number of benzene rings is 1. The Morgan fingerprint density at radius 3 is 2.75 bits per heavy atom. The Labute approximate surface area is 122 Å². The fourth-order valence-corrected chi connectivity index (χ4v) is 4.61. The van der Waals surface area contributed by atoms with Crippen molar-refractivity contribution in [2.24, 2.45) is 0 Å². The topological polar surface area (TPSA) is 58.2 Å². The molecule has 0 fully saturated rings. The van der Waals surface area contributed by atoms with E-state index in [4.69, 9.17) is 0 Å². The first kappa shape index (κ1) is 13.8. The molecule has 1 aliphatic heterocycles. The van der Waals surface area contributed by atoms with Crippen molar-refractivity contribution in [3.8, 4) is 0 Å². The zero-order valence-electron chi connectivity index (χ0n) is 11.1. The van der Waals surface area contributed by atoms with Crippen molar-refractivity contribution < 1.29 is 8.42 Å². The molecule has 106 valence electrons. The lowest BCUT2D eigenvalue weighted by molar-refractivity contribution is 0.583. The predicted molar refractivity (Wildman–Crippen MR) is 80.1 cm³/mol. The van der Waals surface area contributed by atoms with Gasteiger partial charge in [0.15, 0.2) is 0 Å². The molecule has 1 aromatic carbocycles. The SMILES string of the molecule is Cc1ccc(S(=O)(=O)NCc2ccc3c(c2)CNC3)s1. The van der Waals surface area contributed by atoms with Gasteiger partial charge in [0.25, 0.3) is 0 Å². The summed E-state index contributed by atoms with van der Waals surface area (Å²) in [6.45, 7) is 3.99. The average Bonchev–Trinajstić information content (AvgIpc) is 3.04. The Kier molecular flexibility index (Phi) is 3.64. The quantitative estimate of drug-likeness (QED) is 0.910. The minimum Gasteiger partial charge on any atom is -0.309 e. The lowest BCUT2D eigenvalue weighted by atomic mass is 10.1. The van der Waals surface area contributed by atoms with E-state index < -0.39 is 10.0 Å². The van der Waals surface area contributed by atoms with Gasteiger partial charge in [-0.2, -0.15) is 0 Å². The van der Waals surface area contributed by atoms with Crippen LogP contribution in [0.25, 0.3) is 0 Å². The Hall–Kier alpha value is -1.21. The molecular weight excluding hydrogens is 292 g/mol. The number of thiophene rings is 1. The lowest BCUT2D eigenvalue weighted by Crippen LogP contribution is -2.22. The molecule has 0 amide bonds. The summed E-state index contributed by atoms with van der Waals surface area (Å²) < 4.78 is 27.3. The van der Waals surface area contributed by atoms with E-state index in [0.29, 0.717) is 10.8 Å². The number of nitrogens with one attached hydrogen (secondary N) is 2. The van der Waals surface area contributed by atoms with E-state index in [1.165, 1.54) is 22.5 Å². The number of hydrogen-bond donors (Lipinski definition) is 2. The molecule has 20 heavy (non-hydrogen) atoms. The standard InChI is InChI=1S/C14H16N2O2S2/c1-10-2-5-14(19-10)20(17,18)16-7-11-3-4-12-8-15-9-13(12)6-11/h2-6,15-16H,7-9H2,1H3. The molecule has 1 aliphatic rings. The van der Waals surface area contributed by atoms with E-state index in [9.17, 15) is 8.42 Å². The van der Waals surface area contributed by atoms with Gasteiger partial charge >= 0.3 is 0 Å². The predicted octanol–water partition coefficient (Wildman–Crippen LogP) is 2.14. The zero-order chi connectivity index (χ0) is 14.2. The van der Waals surface area contributed by atoms with E-state index in [-0.39, 0.29) is 0 Å². The molecule has 0 bridgehead atoms. The number of rotatable bonds is 4. The van der Waals surface area contributed by atoms with Crippen LogP contribution in [0.3, 0.4) is 0 Å². The maximum absolute atomic E-state index is 12.1. The number of aryl methyl sites for hydroxylation is 1. The summed E-state index contributed by atoms with van der Waals surface area (Å²) in [4.78, 5) is 0.994. The molecule has 2 N–H and O–H groups in total. The minimum absolute atomic E-state index is 0.326. The summed E-state index contributed by atoms with van der Waals surface area (Å²) in [5.41, 5.74) is 3.54. The van der Waals surface area contributed by atoms with Gasteiger partial charge in [-0.3, -0.25) is 0 Å². The maximum atomic E-state index is 12.1. The van der Waals surface area contributed by atoms with Crippen molar-refractivity contribution in [2.45, 2.75) is 30.8 Å². The first-order chi connectivity index (χ1) is 9.54. The molecule has 0 unspecified atom stereocenters. The summed E-state index contributed by atoms with van der Waals surface area (Å²) in [6, 6.07) is 9.58. The second-order valence-electron chi connectivity index (χ2n) is 4.90. The molecule has 0 aliphatic carbocycles. The molecule has 4 nitrogen and oxygen atoms in total. The molecular formula is C14H16N2O2S2. The van der Waals surface area contributed by atoms with Crippen molar-refractivity contribution in [2.75, 3.05) is 0 Å². The summed E-state index contributed by atoms with van der Waals surface area (Å²) in [6.07, 6.45) is 0.